The smallest absolute Gasteiger partial charge is 0.224 e. The molecular weight excluding hydrogens is 250 g/mol. The zero-order valence-electron chi connectivity index (χ0n) is 12.3. The molecule has 2 N–H and O–H groups in total. The highest BCUT2D eigenvalue weighted by molar-refractivity contribution is 5.91. The lowest BCUT2D eigenvalue weighted by Gasteiger charge is -2.08. The van der Waals surface area contributed by atoms with Gasteiger partial charge in [0.15, 0.2) is 0 Å². The summed E-state index contributed by atoms with van der Waals surface area (Å²) < 4.78 is 0. The first kappa shape index (κ1) is 16.3. The van der Waals surface area contributed by atoms with E-state index in [4.69, 9.17) is 5.11 Å². The second-order valence-electron chi connectivity index (χ2n) is 4.81. The number of hydrogen-bond donors (Lipinski definition) is 2. The molecule has 0 radical (unpaired) electrons. The predicted octanol–water partition coefficient (Wildman–Crippen LogP) is 3.25. The van der Waals surface area contributed by atoms with Gasteiger partial charge in [-0.05, 0) is 37.1 Å². The van der Waals surface area contributed by atoms with Crippen molar-refractivity contribution in [1.82, 2.24) is 0 Å². The molecule has 1 aromatic carbocycles. The van der Waals surface area contributed by atoms with Crippen molar-refractivity contribution in [2.45, 2.75) is 46.0 Å². The Bertz CT molecular complexity index is 497. The first-order chi connectivity index (χ1) is 9.67. The van der Waals surface area contributed by atoms with Crippen LogP contribution in [-0.2, 0) is 4.79 Å². The quantitative estimate of drug-likeness (QED) is 0.617. The van der Waals surface area contributed by atoms with Gasteiger partial charge in [0.05, 0.1) is 6.61 Å². The van der Waals surface area contributed by atoms with Crippen LogP contribution in [0, 0.1) is 18.8 Å². The van der Waals surface area contributed by atoms with Gasteiger partial charge in [-0.15, -0.1) is 0 Å². The fourth-order valence-electron chi connectivity index (χ4n) is 1.85. The van der Waals surface area contributed by atoms with Crippen molar-refractivity contribution in [3.8, 4) is 11.8 Å². The molecule has 1 aromatic rings. The minimum atomic E-state index is 0.0701. The van der Waals surface area contributed by atoms with E-state index in [9.17, 15) is 4.79 Å². The van der Waals surface area contributed by atoms with E-state index in [-0.39, 0.29) is 12.5 Å². The first-order valence-corrected chi connectivity index (χ1v) is 7.17. The van der Waals surface area contributed by atoms with Gasteiger partial charge in [0.25, 0.3) is 0 Å². The average Bonchev–Trinajstić information content (AvgIpc) is 2.42. The van der Waals surface area contributed by atoms with Gasteiger partial charge in [-0.25, -0.2) is 0 Å². The number of unbranched alkanes of at least 4 members (excludes halogenated alkanes) is 2. The Morgan fingerprint density at radius 1 is 1.35 bits per heavy atom. The van der Waals surface area contributed by atoms with Gasteiger partial charge in [-0.3, -0.25) is 4.79 Å². The molecule has 0 fully saturated rings. The van der Waals surface area contributed by atoms with Crippen molar-refractivity contribution in [2.75, 3.05) is 11.9 Å². The van der Waals surface area contributed by atoms with Crippen LogP contribution < -0.4 is 5.32 Å². The maximum atomic E-state index is 11.8. The lowest BCUT2D eigenvalue weighted by molar-refractivity contribution is -0.116. The van der Waals surface area contributed by atoms with Crippen molar-refractivity contribution in [3.63, 3.8) is 0 Å². The predicted molar refractivity (Wildman–Crippen MR) is 82.5 cm³/mol. The molecule has 3 heteroatoms. The standard InChI is InChI=1S/C17H23NO2/c1-3-4-5-9-17(20)18-16-11-10-15(13-14(16)2)8-6-7-12-19/h10-11,13,19H,3-5,7,9,12H2,1-2H3,(H,18,20). The van der Waals surface area contributed by atoms with E-state index in [1.165, 1.54) is 0 Å². The van der Waals surface area contributed by atoms with E-state index in [0.29, 0.717) is 12.8 Å². The molecule has 0 bridgehead atoms. The van der Waals surface area contributed by atoms with Crippen LogP contribution in [0.3, 0.4) is 0 Å². The Kier molecular flexibility index (Phi) is 7.46. The number of hydrogen-bond acceptors (Lipinski definition) is 2. The SMILES string of the molecule is CCCCCC(=O)Nc1ccc(C#CCCO)cc1C. The fraction of sp³-hybridized carbons (Fsp3) is 0.471. The van der Waals surface area contributed by atoms with E-state index >= 15 is 0 Å². The summed E-state index contributed by atoms with van der Waals surface area (Å²) in [7, 11) is 0. The van der Waals surface area contributed by atoms with Gasteiger partial charge in [0.1, 0.15) is 0 Å². The van der Waals surface area contributed by atoms with Crippen LogP contribution in [0.2, 0.25) is 0 Å². The van der Waals surface area contributed by atoms with Crippen LogP contribution in [0.5, 0.6) is 0 Å². The second kappa shape index (κ2) is 9.17. The van der Waals surface area contributed by atoms with E-state index in [0.717, 1.165) is 36.1 Å². The molecule has 0 spiro atoms. The van der Waals surface area contributed by atoms with Gasteiger partial charge in [0, 0.05) is 24.1 Å². The summed E-state index contributed by atoms with van der Waals surface area (Å²) in [6, 6.07) is 5.72. The fourth-order valence-corrected chi connectivity index (χ4v) is 1.85. The third kappa shape index (κ3) is 5.90. The monoisotopic (exact) mass is 273 g/mol. The number of anilines is 1. The molecule has 20 heavy (non-hydrogen) atoms. The number of benzene rings is 1. The highest BCUT2D eigenvalue weighted by Gasteiger charge is 2.04. The number of carbonyl (C=O) groups excluding carboxylic acids is 1. The topological polar surface area (TPSA) is 49.3 Å². The Morgan fingerprint density at radius 3 is 2.80 bits per heavy atom. The number of aryl methyl sites for hydroxylation is 1. The molecule has 108 valence electrons. The summed E-state index contributed by atoms with van der Waals surface area (Å²) in [5.41, 5.74) is 2.75. The Labute approximate surface area is 121 Å². The zero-order valence-corrected chi connectivity index (χ0v) is 12.3. The van der Waals surface area contributed by atoms with Crippen molar-refractivity contribution in [1.29, 1.82) is 0 Å². The summed E-state index contributed by atoms with van der Waals surface area (Å²) in [4.78, 5) is 11.8. The molecule has 0 aromatic heterocycles. The molecule has 0 unspecified atom stereocenters. The van der Waals surface area contributed by atoms with Crippen molar-refractivity contribution >= 4 is 11.6 Å². The summed E-state index contributed by atoms with van der Waals surface area (Å²) in [5, 5.41) is 11.6. The number of amides is 1. The molecule has 0 aliphatic carbocycles. The molecule has 0 aliphatic heterocycles. The van der Waals surface area contributed by atoms with Crippen LogP contribution >= 0.6 is 0 Å². The van der Waals surface area contributed by atoms with Gasteiger partial charge >= 0.3 is 0 Å². The highest BCUT2D eigenvalue weighted by Crippen LogP contribution is 2.16. The average molecular weight is 273 g/mol. The van der Waals surface area contributed by atoms with E-state index in [2.05, 4.69) is 24.1 Å². The first-order valence-electron chi connectivity index (χ1n) is 7.17. The third-order valence-electron chi connectivity index (χ3n) is 2.98. The number of rotatable bonds is 6. The highest BCUT2D eigenvalue weighted by atomic mass is 16.2. The summed E-state index contributed by atoms with van der Waals surface area (Å²) in [6.07, 6.45) is 4.20. The van der Waals surface area contributed by atoms with Crippen molar-refractivity contribution in [2.24, 2.45) is 0 Å². The number of aliphatic hydroxyl groups excluding tert-OH is 1. The Hall–Kier alpha value is -1.79. The van der Waals surface area contributed by atoms with Crippen molar-refractivity contribution < 1.29 is 9.90 Å². The third-order valence-corrected chi connectivity index (χ3v) is 2.98. The molecule has 3 nitrogen and oxygen atoms in total. The van der Waals surface area contributed by atoms with Crippen LogP contribution in [0.4, 0.5) is 5.69 Å². The van der Waals surface area contributed by atoms with E-state index in [1.807, 2.05) is 25.1 Å². The zero-order chi connectivity index (χ0) is 14.8. The Morgan fingerprint density at radius 2 is 2.15 bits per heavy atom. The van der Waals surface area contributed by atoms with Gasteiger partial charge in [0.2, 0.25) is 5.91 Å². The minimum Gasteiger partial charge on any atom is -0.395 e. The van der Waals surface area contributed by atoms with Crippen LogP contribution in [-0.4, -0.2) is 17.6 Å². The minimum absolute atomic E-state index is 0.0701. The number of nitrogens with one attached hydrogen (secondary N) is 1. The Balaban J connectivity index is 2.60. The lowest BCUT2D eigenvalue weighted by Crippen LogP contribution is -2.12. The van der Waals surface area contributed by atoms with Crippen LogP contribution in [0.25, 0.3) is 0 Å². The van der Waals surface area contributed by atoms with Crippen LogP contribution in [0.1, 0.15) is 50.2 Å². The molecule has 0 heterocycles. The molecule has 1 rings (SSSR count). The van der Waals surface area contributed by atoms with E-state index in [1.54, 1.807) is 0 Å². The van der Waals surface area contributed by atoms with Crippen molar-refractivity contribution in [3.05, 3.63) is 29.3 Å². The molecule has 0 aliphatic rings. The van der Waals surface area contributed by atoms with Gasteiger partial charge in [-0.2, -0.15) is 0 Å². The normalized spacial score (nSPS) is 9.75. The van der Waals surface area contributed by atoms with E-state index < -0.39 is 0 Å². The summed E-state index contributed by atoms with van der Waals surface area (Å²) in [6.45, 7) is 4.16. The second-order valence-corrected chi connectivity index (χ2v) is 4.81. The summed E-state index contributed by atoms with van der Waals surface area (Å²) >= 11 is 0. The number of aliphatic hydroxyl groups is 1. The maximum absolute atomic E-state index is 11.8. The van der Waals surface area contributed by atoms with Gasteiger partial charge in [-0.1, -0.05) is 31.6 Å². The van der Waals surface area contributed by atoms with Gasteiger partial charge < -0.3 is 10.4 Å². The molecule has 0 saturated carbocycles. The largest absolute Gasteiger partial charge is 0.395 e. The molecule has 0 saturated heterocycles. The molecular formula is C17H23NO2. The molecule has 1 amide bonds. The van der Waals surface area contributed by atoms with Crippen LogP contribution in [0.15, 0.2) is 18.2 Å². The number of carbonyl (C=O) groups is 1. The maximum Gasteiger partial charge on any atom is 0.224 e. The summed E-state index contributed by atoms with van der Waals surface area (Å²) in [5.74, 6) is 5.94. The molecule has 0 atom stereocenters. The lowest BCUT2D eigenvalue weighted by atomic mass is 10.1.